The maximum absolute atomic E-state index is 6.13. The summed E-state index contributed by atoms with van der Waals surface area (Å²) in [6, 6.07) is 9.85. The monoisotopic (exact) mass is 325 g/mol. The third-order valence-corrected chi connectivity index (χ3v) is 3.28. The molecule has 5 heteroatoms. The summed E-state index contributed by atoms with van der Waals surface area (Å²) < 4.78 is 1.06. The van der Waals surface area contributed by atoms with Crippen LogP contribution in [0.25, 0.3) is 0 Å². The van der Waals surface area contributed by atoms with Crippen molar-refractivity contribution in [3.63, 3.8) is 0 Å². The van der Waals surface area contributed by atoms with Crippen molar-refractivity contribution in [1.29, 1.82) is 0 Å². The van der Waals surface area contributed by atoms with Crippen molar-refractivity contribution in [3.8, 4) is 0 Å². The van der Waals surface area contributed by atoms with Crippen LogP contribution < -0.4 is 10.6 Å². The molecule has 0 saturated heterocycles. The number of nitrogens with two attached hydrogens (primary N) is 1. The van der Waals surface area contributed by atoms with Gasteiger partial charge in [0.25, 0.3) is 0 Å². The van der Waals surface area contributed by atoms with E-state index in [-0.39, 0.29) is 0 Å². The zero-order valence-electron chi connectivity index (χ0n) is 9.90. The van der Waals surface area contributed by atoms with E-state index in [9.17, 15) is 0 Å². The van der Waals surface area contributed by atoms with Gasteiger partial charge in [0, 0.05) is 18.1 Å². The molecular weight excluding hydrogens is 314 g/mol. The van der Waals surface area contributed by atoms with Gasteiger partial charge in [0.2, 0.25) is 0 Å². The molecule has 2 N–H and O–H groups in total. The predicted molar refractivity (Wildman–Crippen MR) is 79.9 cm³/mol. The van der Waals surface area contributed by atoms with E-state index in [1.54, 1.807) is 12.3 Å². The Balaban J connectivity index is 2.19. The van der Waals surface area contributed by atoms with Gasteiger partial charge in [-0.1, -0.05) is 39.7 Å². The number of rotatable bonds is 3. The molecule has 18 heavy (non-hydrogen) atoms. The Morgan fingerprint density at radius 2 is 2.17 bits per heavy atom. The van der Waals surface area contributed by atoms with Gasteiger partial charge in [-0.05, 0) is 23.8 Å². The molecule has 0 aliphatic heterocycles. The first kappa shape index (κ1) is 13.2. The molecule has 0 saturated carbocycles. The van der Waals surface area contributed by atoms with E-state index in [4.69, 9.17) is 17.3 Å². The topological polar surface area (TPSA) is 42.2 Å². The van der Waals surface area contributed by atoms with E-state index in [1.165, 1.54) is 5.56 Å². The molecule has 94 valence electrons. The molecule has 0 spiro atoms. The predicted octanol–water partition coefficient (Wildman–Crippen LogP) is 3.72. The number of nitrogen functional groups attached to an aromatic ring is 1. The van der Waals surface area contributed by atoms with Crippen LogP contribution in [0.2, 0.25) is 5.02 Å². The molecule has 0 fully saturated rings. The second-order valence-electron chi connectivity index (χ2n) is 4.06. The normalized spacial score (nSPS) is 10.4. The van der Waals surface area contributed by atoms with Gasteiger partial charge >= 0.3 is 0 Å². The quantitative estimate of drug-likeness (QED) is 0.935. The van der Waals surface area contributed by atoms with Crippen LogP contribution in [0.1, 0.15) is 5.56 Å². The minimum Gasteiger partial charge on any atom is -0.397 e. The van der Waals surface area contributed by atoms with Crippen molar-refractivity contribution in [2.45, 2.75) is 6.54 Å². The molecule has 0 amide bonds. The lowest BCUT2D eigenvalue weighted by molar-refractivity contribution is 0.898. The average molecular weight is 327 g/mol. The summed E-state index contributed by atoms with van der Waals surface area (Å²) in [6.07, 6.45) is 1.61. The minimum atomic E-state index is 0.562. The van der Waals surface area contributed by atoms with Crippen LogP contribution in [0.4, 0.5) is 11.5 Å². The highest BCUT2D eigenvalue weighted by atomic mass is 79.9. The minimum absolute atomic E-state index is 0.562. The summed E-state index contributed by atoms with van der Waals surface area (Å²) in [4.78, 5) is 6.24. The summed E-state index contributed by atoms with van der Waals surface area (Å²) in [6.45, 7) is 0.732. The highest BCUT2D eigenvalue weighted by molar-refractivity contribution is 9.10. The number of aromatic nitrogens is 1. The van der Waals surface area contributed by atoms with Gasteiger partial charge in [-0.2, -0.15) is 0 Å². The van der Waals surface area contributed by atoms with Crippen LogP contribution in [0.15, 0.2) is 41.0 Å². The lowest BCUT2D eigenvalue weighted by atomic mass is 10.2. The fourth-order valence-electron chi connectivity index (χ4n) is 1.71. The van der Waals surface area contributed by atoms with Gasteiger partial charge < -0.3 is 10.6 Å². The Kier molecular flexibility index (Phi) is 4.09. The highest BCUT2D eigenvalue weighted by Crippen LogP contribution is 2.25. The zero-order valence-corrected chi connectivity index (χ0v) is 12.2. The number of anilines is 2. The van der Waals surface area contributed by atoms with E-state index >= 15 is 0 Å². The second kappa shape index (κ2) is 5.59. The molecule has 3 nitrogen and oxygen atoms in total. The van der Waals surface area contributed by atoms with Crippen LogP contribution in [0.5, 0.6) is 0 Å². The first-order valence-electron chi connectivity index (χ1n) is 5.43. The summed E-state index contributed by atoms with van der Waals surface area (Å²) in [5.74, 6) is 0.728. The molecule has 1 aromatic carbocycles. The van der Waals surface area contributed by atoms with E-state index in [2.05, 4.69) is 33.0 Å². The van der Waals surface area contributed by atoms with Crippen LogP contribution in [0, 0.1) is 0 Å². The molecule has 2 aromatic rings. The number of nitrogens with zero attached hydrogens (tertiary/aromatic N) is 2. The van der Waals surface area contributed by atoms with E-state index < -0.39 is 0 Å². The van der Waals surface area contributed by atoms with E-state index in [0.29, 0.717) is 10.7 Å². The second-order valence-corrected chi connectivity index (χ2v) is 5.38. The SMILES string of the molecule is CN(Cc1cccc(Br)c1)c1ncc(N)cc1Cl. The fourth-order valence-corrected chi connectivity index (χ4v) is 2.48. The molecule has 0 bridgehead atoms. The summed E-state index contributed by atoms with van der Waals surface area (Å²) in [5.41, 5.74) is 7.38. The Bertz CT molecular complexity index is 560. The van der Waals surface area contributed by atoms with Gasteiger partial charge in [-0.25, -0.2) is 4.98 Å². The van der Waals surface area contributed by atoms with Gasteiger partial charge in [0.15, 0.2) is 0 Å². The Labute approximate surface area is 120 Å². The molecule has 1 heterocycles. The summed E-state index contributed by atoms with van der Waals surface area (Å²) >= 11 is 9.58. The standard InChI is InChI=1S/C13H13BrClN3/c1-18(8-9-3-2-4-10(14)5-9)13-12(15)6-11(16)7-17-13/h2-7H,8,16H2,1H3. The number of hydrogen-bond donors (Lipinski definition) is 1. The first-order valence-corrected chi connectivity index (χ1v) is 6.60. The van der Waals surface area contributed by atoms with E-state index in [0.717, 1.165) is 16.8 Å². The van der Waals surface area contributed by atoms with Crippen LogP contribution in [0.3, 0.4) is 0 Å². The third kappa shape index (κ3) is 3.15. The lowest BCUT2D eigenvalue weighted by Gasteiger charge is -2.19. The number of halogens is 2. The number of pyridine rings is 1. The maximum atomic E-state index is 6.13. The molecule has 0 unspecified atom stereocenters. The molecule has 2 rings (SSSR count). The molecule has 0 aliphatic carbocycles. The smallest absolute Gasteiger partial charge is 0.147 e. The van der Waals surface area contributed by atoms with Gasteiger partial charge in [-0.3, -0.25) is 0 Å². The van der Waals surface area contributed by atoms with E-state index in [1.807, 2.05) is 24.1 Å². The van der Waals surface area contributed by atoms with Crippen LogP contribution >= 0.6 is 27.5 Å². The van der Waals surface area contributed by atoms with Gasteiger partial charge in [0.1, 0.15) is 5.82 Å². The molecule has 0 radical (unpaired) electrons. The Morgan fingerprint density at radius 3 is 2.83 bits per heavy atom. The largest absolute Gasteiger partial charge is 0.397 e. The summed E-state index contributed by atoms with van der Waals surface area (Å²) in [7, 11) is 1.95. The molecule has 0 atom stereocenters. The lowest BCUT2D eigenvalue weighted by Crippen LogP contribution is -2.18. The fraction of sp³-hybridized carbons (Fsp3) is 0.154. The molecular formula is C13H13BrClN3. The van der Waals surface area contributed by atoms with Crippen molar-refractivity contribution in [3.05, 3.63) is 51.6 Å². The number of benzene rings is 1. The highest BCUT2D eigenvalue weighted by Gasteiger charge is 2.08. The van der Waals surface area contributed by atoms with Crippen molar-refractivity contribution in [2.24, 2.45) is 0 Å². The van der Waals surface area contributed by atoms with Gasteiger partial charge in [0.05, 0.1) is 16.9 Å². The molecule has 0 aliphatic rings. The van der Waals surface area contributed by atoms with Gasteiger partial charge in [-0.15, -0.1) is 0 Å². The Morgan fingerprint density at radius 1 is 1.39 bits per heavy atom. The van der Waals surface area contributed by atoms with Crippen molar-refractivity contribution < 1.29 is 0 Å². The van der Waals surface area contributed by atoms with Crippen LogP contribution in [-0.2, 0) is 6.54 Å². The average Bonchev–Trinajstić information content (AvgIpc) is 2.28. The van der Waals surface area contributed by atoms with Crippen LogP contribution in [-0.4, -0.2) is 12.0 Å². The number of hydrogen-bond acceptors (Lipinski definition) is 3. The van der Waals surface area contributed by atoms with Crippen molar-refractivity contribution >= 4 is 39.0 Å². The zero-order chi connectivity index (χ0) is 13.1. The summed E-state index contributed by atoms with van der Waals surface area (Å²) in [5, 5.41) is 0.562. The van der Waals surface area contributed by atoms with Crippen molar-refractivity contribution in [2.75, 3.05) is 17.7 Å². The van der Waals surface area contributed by atoms with Crippen molar-refractivity contribution in [1.82, 2.24) is 4.98 Å². The Hall–Kier alpha value is -1.26. The first-order chi connectivity index (χ1) is 8.56. The molecule has 1 aromatic heterocycles. The maximum Gasteiger partial charge on any atom is 0.147 e. The third-order valence-electron chi connectivity index (χ3n) is 2.51.